The molecule has 0 bridgehead atoms. The molecule has 0 amide bonds. The molecule has 0 unspecified atom stereocenters. The molecule has 1 rings (SSSR count). The molecule has 0 aliphatic carbocycles. The molecule has 0 fully saturated rings. The van der Waals surface area contributed by atoms with Crippen LogP contribution in [-0.2, 0) is 4.74 Å². The maximum Gasteiger partial charge on any atom is 0.0589 e. The van der Waals surface area contributed by atoms with Crippen molar-refractivity contribution in [1.82, 2.24) is 4.90 Å². The highest BCUT2D eigenvalue weighted by Crippen LogP contribution is 2.17. The van der Waals surface area contributed by atoms with E-state index in [1.807, 2.05) is 11.8 Å². The van der Waals surface area contributed by atoms with E-state index in [4.69, 9.17) is 4.74 Å². The van der Waals surface area contributed by atoms with Crippen LogP contribution >= 0.6 is 11.8 Å². The molecule has 17 heavy (non-hydrogen) atoms. The second kappa shape index (κ2) is 8.56. The van der Waals surface area contributed by atoms with E-state index in [9.17, 15) is 0 Å². The summed E-state index contributed by atoms with van der Waals surface area (Å²) < 4.78 is 5.14. The number of methoxy groups -OCH3 is 1. The molecule has 0 aliphatic rings. The molecule has 1 aromatic carbocycles. The zero-order chi connectivity index (χ0) is 12.5. The first-order valence-electron chi connectivity index (χ1n) is 6.15. The van der Waals surface area contributed by atoms with E-state index in [1.54, 1.807) is 7.11 Å². The third-order valence-corrected chi connectivity index (χ3v) is 3.70. The first-order chi connectivity index (χ1) is 8.24. The minimum atomic E-state index is 0.585. The largest absolute Gasteiger partial charge is 0.383 e. The van der Waals surface area contributed by atoms with Gasteiger partial charge in [-0.3, -0.25) is 4.90 Å². The highest BCUT2D eigenvalue weighted by molar-refractivity contribution is 7.99. The molecule has 0 aromatic heterocycles. The summed E-state index contributed by atoms with van der Waals surface area (Å²) in [4.78, 5) is 3.81. The normalized spacial score (nSPS) is 11.4. The lowest BCUT2D eigenvalue weighted by Crippen LogP contribution is -2.35. The average molecular weight is 253 g/mol. The summed E-state index contributed by atoms with van der Waals surface area (Å²) in [5.41, 5.74) is 0. The van der Waals surface area contributed by atoms with E-state index in [-0.39, 0.29) is 0 Å². The molecular formula is C14H23NOS. The van der Waals surface area contributed by atoms with Gasteiger partial charge >= 0.3 is 0 Å². The molecule has 0 radical (unpaired) electrons. The first kappa shape index (κ1) is 14.6. The van der Waals surface area contributed by atoms with Gasteiger partial charge in [0.05, 0.1) is 6.61 Å². The van der Waals surface area contributed by atoms with Gasteiger partial charge in [-0.25, -0.2) is 0 Å². The molecule has 3 heteroatoms. The molecule has 0 aliphatic heterocycles. The summed E-state index contributed by atoms with van der Waals surface area (Å²) in [6.45, 7) is 7.42. The van der Waals surface area contributed by atoms with Crippen molar-refractivity contribution in [2.45, 2.75) is 24.8 Å². The van der Waals surface area contributed by atoms with Crippen LogP contribution in [0.15, 0.2) is 35.2 Å². The van der Waals surface area contributed by atoms with Gasteiger partial charge in [0.2, 0.25) is 0 Å². The Labute approximate surface area is 109 Å². The second-order valence-corrected chi connectivity index (χ2v) is 5.45. The Hall–Kier alpha value is -0.510. The first-order valence-corrected chi connectivity index (χ1v) is 7.13. The van der Waals surface area contributed by atoms with E-state index < -0.39 is 0 Å². The molecule has 0 saturated heterocycles. The Bertz CT molecular complexity index is 290. The molecule has 0 heterocycles. The number of rotatable bonds is 8. The van der Waals surface area contributed by atoms with E-state index in [0.717, 1.165) is 25.4 Å². The van der Waals surface area contributed by atoms with Gasteiger partial charge in [0.15, 0.2) is 0 Å². The van der Waals surface area contributed by atoms with Crippen LogP contribution < -0.4 is 0 Å². The van der Waals surface area contributed by atoms with Gasteiger partial charge in [0.1, 0.15) is 0 Å². The van der Waals surface area contributed by atoms with Crippen LogP contribution in [0.25, 0.3) is 0 Å². The third-order valence-electron chi connectivity index (χ3n) is 2.70. The van der Waals surface area contributed by atoms with Crippen LogP contribution in [0.3, 0.4) is 0 Å². The average Bonchev–Trinajstić information content (AvgIpc) is 2.34. The SMILES string of the molecule is COCCN(CCSc1ccccc1)C(C)C. The van der Waals surface area contributed by atoms with Gasteiger partial charge in [0, 0.05) is 36.9 Å². The molecule has 0 saturated carbocycles. The van der Waals surface area contributed by atoms with Crippen molar-refractivity contribution in [3.63, 3.8) is 0 Å². The van der Waals surface area contributed by atoms with Crippen molar-refractivity contribution in [3.05, 3.63) is 30.3 Å². The fourth-order valence-electron chi connectivity index (χ4n) is 1.63. The Morgan fingerprint density at radius 2 is 1.88 bits per heavy atom. The predicted octanol–water partition coefficient (Wildman–Crippen LogP) is 3.14. The summed E-state index contributed by atoms with van der Waals surface area (Å²) in [5.74, 6) is 1.13. The number of hydrogen-bond acceptors (Lipinski definition) is 3. The van der Waals surface area contributed by atoms with Gasteiger partial charge in [-0.2, -0.15) is 0 Å². The van der Waals surface area contributed by atoms with Gasteiger partial charge in [0.25, 0.3) is 0 Å². The summed E-state index contributed by atoms with van der Waals surface area (Å²) in [7, 11) is 1.76. The van der Waals surface area contributed by atoms with Crippen LogP contribution in [-0.4, -0.2) is 43.5 Å². The number of nitrogens with zero attached hydrogens (tertiary/aromatic N) is 1. The lowest BCUT2D eigenvalue weighted by molar-refractivity contribution is 0.134. The summed E-state index contributed by atoms with van der Waals surface area (Å²) in [6, 6.07) is 11.2. The van der Waals surface area contributed by atoms with Crippen LogP contribution in [0.2, 0.25) is 0 Å². The van der Waals surface area contributed by atoms with Crippen molar-refractivity contribution in [1.29, 1.82) is 0 Å². The van der Waals surface area contributed by atoms with Gasteiger partial charge < -0.3 is 4.74 Å². The molecule has 2 nitrogen and oxygen atoms in total. The molecule has 0 N–H and O–H groups in total. The van der Waals surface area contributed by atoms with Gasteiger partial charge in [-0.05, 0) is 26.0 Å². The van der Waals surface area contributed by atoms with Gasteiger partial charge in [-0.15, -0.1) is 11.8 Å². The van der Waals surface area contributed by atoms with E-state index >= 15 is 0 Å². The summed E-state index contributed by atoms with van der Waals surface area (Å²) in [5, 5.41) is 0. The summed E-state index contributed by atoms with van der Waals surface area (Å²) >= 11 is 1.92. The van der Waals surface area contributed by atoms with Gasteiger partial charge in [-0.1, -0.05) is 18.2 Å². The van der Waals surface area contributed by atoms with E-state index in [0.29, 0.717) is 6.04 Å². The van der Waals surface area contributed by atoms with Crippen molar-refractivity contribution < 1.29 is 4.74 Å². The molecule has 0 spiro atoms. The van der Waals surface area contributed by atoms with E-state index in [2.05, 4.69) is 49.1 Å². The highest BCUT2D eigenvalue weighted by atomic mass is 32.2. The van der Waals surface area contributed by atoms with Crippen LogP contribution in [0, 0.1) is 0 Å². The van der Waals surface area contributed by atoms with Crippen molar-refractivity contribution in [2.75, 3.05) is 32.6 Å². The Morgan fingerprint density at radius 3 is 2.47 bits per heavy atom. The zero-order valence-corrected chi connectivity index (χ0v) is 11.9. The lowest BCUT2D eigenvalue weighted by atomic mass is 10.3. The minimum Gasteiger partial charge on any atom is -0.383 e. The van der Waals surface area contributed by atoms with Crippen molar-refractivity contribution in [2.24, 2.45) is 0 Å². The zero-order valence-electron chi connectivity index (χ0n) is 11.1. The van der Waals surface area contributed by atoms with Crippen LogP contribution in [0.4, 0.5) is 0 Å². The number of ether oxygens (including phenoxy) is 1. The van der Waals surface area contributed by atoms with E-state index in [1.165, 1.54) is 4.90 Å². The number of thioether (sulfide) groups is 1. The Morgan fingerprint density at radius 1 is 1.18 bits per heavy atom. The standard InChI is InChI=1S/C14H23NOS/c1-13(2)15(9-11-16-3)10-12-17-14-7-5-4-6-8-14/h4-8,13H,9-12H2,1-3H3. The smallest absolute Gasteiger partial charge is 0.0589 e. The Kier molecular flexibility index (Phi) is 7.33. The monoisotopic (exact) mass is 253 g/mol. The molecule has 0 atom stereocenters. The fraction of sp³-hybridized carbons (Fsp3) is 0.571. The number of benzene rings is 1. The molecular weight excluding hydrogens is 230 g/mol. The third kappa shape index (κ3) is 6.10. The fourth-order valence-corrected chi connectivity index (χ4v) is 2.55. The molecule has 96 valence electrons. The quantitative estimate of drug-likeness (QED) is 0.660. The topological polar surface area (TPSA) is 12.5 Å². The number of hydrogen-bond donors (Lipinski definition) is 0. The van der Waals surface area contributed by atoms with Crippen molar-refractivity contribution >= 4 is 11.8 Å². The second-order valence-electron chi connectivity index (χ2n) is 4.28. The predicted molar refractivity (Wildman–Crippen MR) is 75.8 cm³/mol. The maximum atomic E-state index is 5.14. The summed E-state index contributed by atoms with van der Waals surface area (Å²) in [6.07, 6.45) is 0. The molecule has 1 aromatic rings. The lowest BCUT2D eigenvalue weighted by Gasteiger charge is -2.25. The highest BCUT2D eigenvalue weighted by Gasteiger charge is 2.08. The van der Waals surface area contributed by atoms with Crippen LogP contribution in [0.1, 0.15) is 13.8 Å². The Balaban J connectivity index is 2.27. The minimum absolute atomic E-state index is 0.585. The van der Waals surface area contributed by atoms with Crippen molar-refractivity contribution in [3.8, 4) is 0 Å². The maximum absolute atomic E-state index is 5.14. The van der Waals surface area contributed by atoms with Crippen LogP contribution in [0.5, 0.6) is 0 Å².